The summed E-state index contributed by atoms with van der Waals surface area (Å²) >= 11 is 0. The van der Waals surface area contributed by atoms with Gasteiger partial charge in [-0.3, -0.25) is 9.69 Å². The lowest BCUT2D eigenvalue weighted by molar-refractivity contribution is 0.162. The molecule has 0 saturated heterocycles. The van der Waals surface area contributed by atoms with Gasteiger partial charge in [-0.2, -0.15) is 4.98 Å². The summed E-state index contributed by atoms with van der Waals surface area (Å²) in [5.41, 5.74) is 3.58. The molecule has 210 valence electrons. The van der Waals surface area contributed by atoms with Gasteiger partial charge in [-0.25, -0.2) is 19.1 Å². The van der Waals surface area contributed by atoms with E-state index in [1.165, 1.54) is 18.4 Å². The van der Waals surface area contributed by atoms with Crippen molar-refractivity contribution in [3.05, 3.63) is 76.7 Å². The monoisotopic (exact) mass is 553 g/mol. The number of carbonyl (C=O) groups excluding carboxylic acids is 1. The Labute approximate surface area is 236 Å². The zero-order valence-electron chi connectivity index (χ0n) is 22.8. The minimum absolute atomic E-state index is 0.101. The molecule has 2 aromatic heterocycles. The summed E-state index contributed by atoms with van der Waals surface area (Å²) in [7, 11) is 2.16. The smallest absolute Gasteiger partial charge is 0.414 e. The summed E-state index contributed by atoms with van der Waals surface area (Å²) in [6.07, 6.45) is 7.32. The maximum absolute atomic E-state index is 13.5. The highest BCUT2D eigenvalue weighted by Gasteiger charge is 2.27. The van der Waals surface area contributed by atoms with Crippen molar-refractivity contribution in [2.45, 2.75) is 25.9 Å². The second-order valence-electron chi connectivity index (χ2n) is 10.8. The van der Waals surface area contributed by atoms with Gasteiger partial charge in [-0.05, 0) is 67.8 Å². The summed E-state index contributed by atoms with van der Waals surface area (Å²) in [5.74, 6) is 1.80. The van der Waals surface area contributed by atoms with Crippen molar-refractivity contribution in [3.8, 4) is 11.4 Å². The molecule has 0 atom stereocenters. The minimum Gasteiger partial charge on any atom is -0.490 e. The molecule has 1 amide bonds. The first-order chi connectivity index (χ1) is 20.0. The van der Waals surface area contributed by atoms with Crippen LogP contribution >= 0.6 is 0 Å². The molecule has 3 aliphatic rings. The fourth-order valence-electron chi connectivity index (χ4n) is 5.48. The van der Waals surface area contributed by atoms with Gasteiger partial charge >= 0.3 is 6.09 Å². The average Bonchev–Trinajstić information content (AvgIpc) is 3.74. The second-order valence-corrected chi connectivity index (χ2v) is 10.8. The molecule has 2 aromatic carbocycles. The molecule has 1 fully saturated rings. The van der Waals surface area contributed by atoms with Crippen molar-refractivity contribution in [3.63, 3.8) is 0 Å². The van der Waals surface area contributed by atoms with E-state index in [0.717, 1.165) is 24.7 Å². The van der Waals surface area contributed by atoms with E-state index in [2.05, 4.69) is 34.4 Å². The Balaban J connectivity index is 1.27. The van der Waals surface area contributed by atoms with Crippen molar-refractivity contribution in [1.82, 2.24) is 24.2 Å². The molecule has 0 unspecified atom stereocenters. The van der Waals surface area contributed by atoms with E-state index in [9.17, 15) is 9.59 Å². The van der Waals surface area contributed by atoms with Crippen LogP contribution in [-0.4, -0.2) is 63.7 Å². The predicted molar refractivity (Wildman–Crippen MR) is 155 cm³/mol. The Morgan fingerprint density at radius 2 is 2.00 bits per heavy atom. The Bertz CT molecular complexity index is 1720. The zero-order chi connectivity index (χ0) is 27.9. The summed E-state index contributed by atoms with van der Waals surface area (Å²) in [5, 5.41) is 3.72. The molecule has 0 radical (unpaired) electrons. The van der Waals surface area contributed by atoms with Gasteiger partial charge in [-0.1, -0.05) is 18.2 Å². The Morgan fingerprint density at radius 3 is 2.88 bits per heavy atom. The van der Waals surface area contributed by atoms with Crippen LogP contribution in [0.3, 0.4) is 0 Å². The highest BCUT2D eigenvalue weighted by molar-refractivity contribution is 5.91. The van der Waals surface area contributed by atoms with E-state index in [-0.39, 0.29) is 18.7 Å². The molecular formula is C30H31N7O4. The van der Waals surface area contributed by atoms with Crippen LogP contribution in [0.1, 0.15) is 18.4 Å². The van der Waals surface area contributed by atoms with Crippen LogP contribution in [0.4, 0.5) is 22.1 Å². The molecule has 1 N–H and O–H groups in total. The third kappa shape index (κ3) is 5.04. The lowest BCUT2D eigenvalue weighted by Gasteiger charge is -2.29. The first kappa shape index (κ1) is 25.3. The molecule has 0 spiro atoms. The number of allylic oxidation sites excluding steroid dienone is 1. The summed E-state index contributed by atoms with van der Waals surface area (Å²) < 4.78 is 14.6. The van der Waals surface area contributed by atoms with Crippen LogP contribution in [0, 0.1) is 5.92 Å². The molecular weight excluding hydrogens is 522 g/mol. The van der Waals surface area contributed by atoms with Gasteiger partial charge < -0.3 is 19.7 Å². The fraction of sp³-hybridized carbons (Fsp3) is 0.333. The zero-order valence-corrected chi connectivity index (χ0v) is 22.8. The first-order valence-electron chi connectivity index (χ1n) is 13.9. The molecule has 7 rings (SSSR count). The van der Waals surface area contributed by atoms with Crippen LogP contribution in [0.5, 0.6) is 5.75 Å². The maximum Gasteiger partial charge on any atom is 0.414 e. The standard InChI is InChI=1S/C30H31N7O4/c1-34(18-20-7-8-20)19-21-5-4-6-22(15-21)32-29-31-17-24-27(33-29)37-23-9-10-26-25(16-23)35(12-14-40-26)30(39)41-13-3-2-11-36(37)28(24)38/h2-6,9-10,15-17,20H,7-8,11-14,18-19H2,1H3,(H,31,32,33)/b3-2-. The van der Waals surface area contributed by atoms with Gasteiger partial charge in [0.05, 0.1) is 24.5 Å². The van der Waals surface area contributed by atoms with Crippen LogP contribution in [0.25, 0.3) is 16.7 Å². The number of benzene rings is 2. The highest BCUT2D eigenvalue weighted by atomic mass is 16.6. The van der Waals surface area contributed by atoms with Crippen molar-refractivity contribution < 1.29 is 14.3 Å². The SMILES string of the molecule is CN(Cc1cccc(Nc2ncc3c(=O)n4n(c3n2)-c2ccc3c(c2)N(CCO3)C(=O)OC/C=C\C4)c1)CC1CC1. The minimum atomic E-state index is -0.443. The molecule has 2 bridgehead atoms. The molecule has 4 heterocycles. The Hall–Kier alpha value is -4.64. The Morgan fingerprint density at radius 1 is 1.10 bits per heavy atom. The third-order valence-corrected chi connectivity index (χ3v) is 7.60. The number of nitrogens with zero attached hydrogens (tertiary/aromatic N) is 6. The topological polar surface area (TPSA) is 107 Å². The third-order valence-electron chi connectivity index (χ3n) is 7.60. The molecule has 4 aromatic rings. The van der Waals surface area contributed by atoms with Crippen LogP contribution in [0.15, 0.2) is 65.6 Å². The lowest BCUT2D eigenvalue weighted by Crippen LogP contribution is -2.38. The van der Waals surface area contributed by atoms with Crippen molar-refractivity contribution in [2.75, 3.05) is 43.6 Å². The maximum atomic E-state index is 13.5. The molecule has 11 nitrogen and oxygen atoms in total. The number of carbonyl (C=O) groups is 1. The van der Waals surface area contributed by atoms with Gasteiger partial charge in [0.25, 0.3) is 5.56 Å². The van der Waals surface area contributed by atoms with Crippen LogP contribution < -0.4 is 20.5 Å². The number of aromatic nitrogens is 4. The average molecular weight is 554 g/mol. The number of nitrogens with one attached hydrogen (secondary N) is 1. The van der Waals surface area contributed by atoms with Gasteiger partial charge in [-0.15, -0.1) is 0 Å². The number of hydrogen-bond acceptors (Lipinski definition) is 8. The van der Waals surface area contributed by atoms with Crippen molar-refractivity contribution >= 4 is 34.4 Å². The van der Waals surface area contributed by atoms with Gasteiger partial charge in [0, 0.05) is 25.0 Å². The molecule has 41 heavy (non-hydrogen) atoms. The lowest BCUT2D eigenvalue weighted by atomic mass is 10.2. The first-order valence-corrected chi connectivity index (χ1v) is 13.9. The molecule has 11 heteroatoms. The Kier molecular flexibility index (Phi) is 6.43. The molecule has 1 saturated carbocycles. The van der Waals surface area contributed by atoms with Gasteiger partial charge in [0.1, 0.15) is 24.3 Å². The summed E-state index contributed by atoms with van der Waals surface area (Å²) in [6.45, 7) is 3.09. The van der Waals surface area contributed by atoms with E-state index in [4.69, 9.17) is 14.5 Å². The van der Waals surface area contributed by atoms with E-state index < -0.39 is 6.09 Å². The van der Waals surface area contributed by atoms with E-state index in [1.54, 1.807) is 38.7 Å². The van der Waals surface area contributed by atoms with E-state index in [1.807, 2.05) is 24.3 Å². The highest BCUT2D eigenvalue weighted by Crippen LogP contribution is 2.35. The van der Waals surface area contributed by atoms with Crippen LogP contribution in [0.2, 0.25) is 0 Å². The van der Waals surface area contributed by atoms with E-state index in [0.29, 0.717) is 47.3 Å². The normalized spacial score (nSPS) is 17.3. The van der Waals surface area contributed by atoms with E-state index >= 15 is 0 Å². The molecule has 1 aliphatic carbocycles. The van der Waals surface area contributed by atoms with Gasteiger partial charge in [0.2, 0.25) is 5.95 Å². The largest absolute Gasteiger partial charge is 0.490 e. The number of rotatable bonds is 6. The number of hydrogen-bond donors (Lipinski definition) is 1. The van der Waals surface area contributed by atoms with Crippen LogP contribution in [-0.2, 0) is 17.8 Å². The summed E-state index contributed by atoms with van der Waals surface area (Å²) in [4.78, 5) is 39.5. The predicted octanol–water partition coefficient (Wildman–Crippen LogP) is 4.07. The number of ether oxygens (including phenoxy) is 2. The van der Waals surface area contributed by atoms with Crippen molar-refractivity contribution in [2.24, 2.45) is 5.92 Å². The number of fused-ring (bicyclic) bond motifs is 5. The molecule has 2 aliphatic heterocycles. The van der Waals surface area contributed by atoms with Crippen molar-refractivity contribution in [1.29, 1.82) is 0 Å². The fourth-order valence-corrected chi connectivity index (χ4v) is 5.48. The second kappa shape index (κ2) is 10.4. The number of cyclic esters (lactones) is 1. The van der Waals surface area contributed by atoms with Gasteiger partial charge in [0.15, 0.2) is 5.65 Å². The number of amides is 1. The number of anilines is 3. The summed E-state index contributed by atoms with van der Waals surface area (Å²) in [6, 6.07) is 13.7. The quantitative estimate of drug-likeness (QED) is 0.356.